The summed E-state index contributed by atoms with van der Waals surface area (Å²) in [7, 11) is 0. The lowest BCUT2D eigenvalue weighted by atomic mass is 10.1. The quantitative estimate of drug-likeness (QED) is 0.391. The monoisotopic (exact) mass is 474 g/mol. The zero-order valence-corrected chi connectivity index (χ0v) is 19.4. The molecule has 0 spiro atoms. The molecule has 8 heteroatoms. The molecule has 0 aliphatic carbocycles. The number of benzene rings is 2. The van der Waals surface area contributed by atoms with Crippen LogP contribution in [0.2, 0.25) is 5.02 Å². The van der Waals surface area contributed by atoms with Crippen molar-refractivity contribution in [2.45, 2.75) is 20.0 Å². The fraction of sp³-hybridized carbons (Fsp3) is 0.192. The number of hydrogen-bond donors (Lipinski definition) is 2. The number of rotatable bonds is 7. The largest absolute Gasteiger partial charge is 0.490 e. The maximum absolute atomic E-state index is 12.1. The maximum atomic E-state index is 12.1. The Balaban J connectivity index is 1.46. The van der Waals surface area contributed by atoms with E-state index in [2.05, 4.69) is 15.3 Å². The number of aromatic nitrogens is 3. The average Bonchev–Trinajstić information content (AvgIpc) is 3.30. The van der Waals surface area contributed by atoms with Gasteiger partial charge in [0.2, 0.25) is 0 Å². The Kier molecular flexibility index (Phi) is 6.18. The van der Waals surface area contributed by atoms with E-state index in [-0.39, 0.29) is 5.91 Å². The van der Waals surface area contributed by atoms with Gasteiger partial charge in [-0.1, -0.05) is 41.9 Å². The Hall–Kier alpha value is -3.84. The molecule has 34 heavy (non-hydrogen) atoms. The van der Waals surface area contributed by atoms with Crippen molar-refractivity contribution in [1.82, 2.24) is 20.3 Å². The third-order valence-corrected chi connectivity index (χ3v) is 5.81. The first-order valence-electron chi connectivity index (χ1n) is 11.1. The average molecular weight is 475 g/mol. The van der Waals surface area contributed by atoms with Gasteiger partial charge in [-0.2, -0.15) is 0 Å². The molecule has 172 valence electrons. The van der Waals surface area contributed by atoms with Crippen molar-refractivity contribution in [3.05, 3.63) is 82.6 Å². The second-order valence-corrected chi connectivity index (χ2v) is 8.25. The van der Waals surface area contributed by atoms with Gasteiger partial charge in [-0.15, -0.1) is 0 Å². The molecule has 0 atom stereocenters. The highest BCUT2D eigenvalue weighted by molar-refractivity contribution is 6.32. The number of fused-ring (bicyclic) bond motifs is 1. The molecule has 1 aliphatic heterocycles. The van der Waals surface area contributed by atoms with E-state index >= 15 is 0 Å². The highest BCUT2D eigenvalue weighted by Gasteiger charge is 2.21. The van der Waals surface area contributed by atoms with E-state index in [1.165, 1.54) is 0 Å². The minimum absolute atomic E-state index is 0.0720. The number of carbonyl (C=O) groups excluding carboxylic acids is 1. The maximum Gasteiger partial charge on any atom is 0.253 e. The van der Waals surface area contributed by atoms with Crippen molar-refractivity contribution in [3.63, 3.8) is 0 Å². The van der Waals surface area contributed by atoms with Crippen LogP contribution in [0.1, 0.15) is 28.5 Å². The zero-order chi connectivity index (χ0) is 23.5. The molecule has 3 heterocycles. The van der Waals surface area contributed by atoms with Gasteiger partial charge in [0.25, 0.3) is 5.91 Å². The number of carbonyl (C=O) groups is 1. The normalized spacial score (nSPS) is 12.7. The molecule has 5 rings (SSSR count). The summed E-state index contributed by atoms with van der Waals surface area (Å²) < 4.78 is 11.8. The minimum atomic E-state index is -0.0720. The summed E-state index contributed by atoms with van der Waals surface area (Å²) in [6, 6.07) is 17.1. The number of amides is 1. The van der Waals surface area contributed by atoms with Crippen molar-refractivity contribution in [2.75, 3.05) is 13.2 Å². The SMILES string of the molecule is CCOc1cc(-c2nccc(-c3cc4c([nH]3)CCNC4=O)n2)cc(Cl)c1OCc1ccccc1. The molecule has 7 nitrogen and oxygen atoms in total. The summed E-state index contributed by atoms with van der Waals surface area (Å²) in [5.74, 6) is 1.43. The lowest BCUT2D eigenvalue weighted by molar-refractivity contribution is 0.0946. The van der Waals surface area contributed by atoms with Crippen molar-refractivity contribution in [2.24, 2.45) is 0 Å². The Morgan fingerprint density at radius 3 is 2.74 bits per heavy atom. The lowest BCUT2D eigenvalue weighted by Crippen LogP contribution is -2.31. The van der Waals surface area contributed by atoms with Gasteiger partial charge in [0, 0.05) is 30.4 Å². The van der Waals surface area contributed by atoms with E-state index in [4.69, 9.17) is 26.1 Å². The number of halogens is 1. The van der Waals surface area contributed by atoms with E-state index < -0.39 is 0 Å². The van der Waals surface area contributed by atoms with Gasteiger partial charge < -0.3 is 19.8 Å². The zero-order valence-electron chi connectivity index (χ0n) is 18.6. The number of ether oxygens (including phenoxy) is 2. The molecule has 4 aromatic rings. The topological polar surface area (TPSA) is 89.1 Å². The van der Waals surface area contributed by atoms with Crippen LogP contribution in [0.5, 0.6) is 11.5 Å². The van der Waals surface area contributed by atoms with E-state index in [0.717, 1.165) is 23.4 Å². The van der Waals surface area contributed by atoms with Crippen LogP contribution in [-0.4, -0.2) is 34.0 Å². The molecule has 0 saturated heterocycles. The smallest absolute Gasteiger partial charge is 0.253 e. The standard InChI is InChI=1S/C26H23ClN4O3/c1-2-33-23-13-17(12-19(27)24(23)34-15-16-6-4-3-5-7-16)25-28-10-9-21(31-25)22-14-18-20(30-22)8-11-29-26(18)32/h3-7,9-10,12-14,30H,2,8,11,15H2,1H3,(H,29,32). The van der Waals surface area contributed by atoms with Gasteiger partial charge in [-0.3, -0.25) is 4.79 Å². The second kappa shape index (κ2) is 9.57. The Morgan fingerprint density at radius 1 is 1.09 bits per heavy atom. The lowest BCUT2D eigenvalue weighted by Gasteiger charge is -2.15. The summed E-state index contributed by atoms with van der Waals surface area (Å²) in [5, 5.41) is 3.27. The third-order valence-electron chi connectivity index (χ3n) is 5.53. The van der Waals surface area contributed by atoms with Gasteiger partial charge in [0.05, 0.1) is 28.6 Å². The number of nitrogens with zero attached hydrogens (tertiary/aromatic N) is 2. The highest BCUT2D eigenvalue weighted by Crippen LogP contribution is 2.39. The molecule has 0 bridgehead atoms. The van der Waals surface area contributed by atoms with E-state index in [9.17, 15) is 4.79 Å². The summed E-state index contributed by atoms with van der Waals surface area (Å²) in [5.41, 5.74) is 4.76. The number of hydrogen-bond acceptors (Lipinski definition) is 5. The third kappa shape index (κ3) is 4.47. The fourth-order valence-electron chi connectivity index (χ4n) is 3.91. The molecule has 0 unspecified atom stereocenters. The van der Waals surface area contributed by atoms with Crippen molar-refractivity contribution in [3.8, 4) is 34.3 Å². The number of nitrogens with one attached hydrogen (secondary N) is 2. The Labute approximate surface area is 202 Å². The van der Waals surface area contributed by atoms with Gasteiger partial charge in [0.15, 0.2) is 17.3 Å². The molecule has 0 radical (unpaired) electrons. The first-order valence-corrected chi connectivity index (χ1v) is 11.5. The minimum Gasteiger partial charge on any atom is -0.490 e. The Morgan fingerprint density at radius 2 is 1.94 bits per heavy atom. The fourth-order valence-corrected chi connectivity index (χ4v) is 4.17. The van der Waals surface area contributed by atoms with Crippen LogP contribution >= 0.6 is 11.6 Å². The van der Waals surface area contributed by atoms with Crippen LogP contribution in [0.4, 0.5) is 0 Å². The van der Waals surface area contributed by atoms with Gasteiger partial charge in [-0.05, 0) is 36.8 Å². The predicted octanol–water partition coefficient (Wildman–Crippen LogP) is 5.06. The van der Waals surface area contributed by atoms with Crippen molar-refractivity contribution in [1.29, 1.82) is 0 Å². The first kappa shape index (κ1) is 22.0. The molecule has 2 aromatic carbocycles. The van der Waals surface area contributed by atoms with E-state index in [0.29, 0.717) is 58.9 Å². The summed E-state index contributed by atoms with van der Waals surface area (Å²) in [6.07, 6.45) is 2.45. The molecule has 2 N–H and O–H groups in total. The first-order chi connectivity index (χ1) is 16.6. The molecule has 2 aromatic heterocycles. The Bertz CT molecular complexity index is 1340. The molecule has 0 saturated carbocycles. The van der Waals surface area contributed by atoms with Crippen molar-refractivity contribution >= 4 is 17.5 Å². The van der Waals surface area contributed by atoms with Crippen LogP contribution in [0.15, 0.2) is 60.8 Å². The second-order valence-electron chi connectivity index (χ2n) is 7.84. The van der Waals surface area contributed by atoms with Crippen LogP contribution in [-0.2, 0) is 13.0 Å². The van der Waals surface area contributed by atoms with Gasteiger partial charge in [-0.25, -0.2) is 9.97 Å². The number of H-pyrrole nitrogens is 1. The summed E-state index contributed by atoms with van der Waals surface area (Å²) >= 11 is 6.62. The molecular weight excluding hydrogens is 452 g/mol. The number of aromatic amines is 1. The van der Waals surface area contributed by atoms with Crippen LogP contribution in [0, 0.1) is 0 Å². The van der Waals surface area contributed by atoms with Gasteiger partial charge in [0.1, 0.15) is 6.61 Å². The van der Waals surface area contributed by atoms with Crippen LogP contribution < -0.4 is 14.8 Å². The molecule has 0 fully saturated rings. The predicted molar refractivity (Wildman–Crippen MR) is 130 cm³/mol. The summed E-state index contributed by atoms with van der Waals surface area (Å²) in [6.45, 7) is 3.36. The summed E-state index contributed by atoms with van der Waals surface area (Å²) in [4.78, 5) is 24.6. The van der Waals surface area contributed by atoms with Gasteiger partial charge >= 0.3 is 0 Å². The molecule has 1 amide bonds. The van der Waals surface area contributed by atoms with E-state index in [1.54, 1.807) is 18.3 Å². The van der Waals surface area contributed by atoms with Crippen molar-refractivity contribution < 1.29 is 14.3 Å². The van der Waals surface area contributed by atoms with Crippen LogP contribution in [0.3, 0.4) is 0 Å². The highest BCUT2D eigenvalue weighted by atomic mass is 35.5. The molecular formula is C26H23ClN4O3. The van der Waals surface area contributed by atoms with E-state index in [1.807, 2.05) is 49.4 Å². The van der Waals surface area contributed by atoms with Crippen LogP contribution in [0.25, 0.3) is 22.8 Å². The molecule has 1 aliphatic rings.